The summed E-state index contributed by atoms with van der Waals surface area (Å²) in [5.41, 5.74) is -0.399. The zero-order valence-electron chi connectivity index (χ0n) is 8.53. The van der Waals surface area contributed by atoms with Gasteiger partial charge in [0.05, 0.1) is 5.75 Å². The van der Waals surface area contributed by atoms with Gasteiger partial charge < -0.3 is 0 Å². The van der Waals surface area contributed by atoms with Crippen molar-refractivity contribution in [2.75, 3.05) is 12.8 Å². The fraction of sp³-hybridized carbons (Fsp3) is 0.875. The second kappa shape index (κ2) is 2.97. The van der Waals surface area contributed by atoms with Crippen molar-refractivity contribution in [3.05, 3.63) is 0 Å². The van der Waals surface area contributed by atoms with Crippen molar-refractivity contribution in [3.8, 4) is 0 Å². The third-order valence-corrected chi connectivity index (χ3v) is 4.62. The molecule has 1 atom stereocenters. The molecule has 0 saturated carbocycles. The second-order valence-corrected chi connectivity index (χ2v) is 6.45. The van der Waals surface area contributed by atoms with Gasteiger partial charge in [-0.2, -0.15) is 0 Å². The van der Waals surface area contributed by atoms with Gasteiger partial charge in [0.2, 0.25) is 5.91 Å². The summed E-state index contributed by atoms with van der Waals surface area (Å²) in [7, 11) is -0.917. The Morgan fingerprint density at radius 1 is 1.46 bits per heavy atom. The summed E-state index contributed by atoms with van der Waals surface area (Å²) < 4.78 is 17.4. The van der Waals surface area contributed by atoms with E-state index < -0.39 is 15.5 Å². The molecule has 0 aromatic carbocycles. The molecule has 1 unspecified atom stereocenters. The number of rotatable bonds is 0. The number of hydrogen-bond donors (Lipinski definition) is 0. The minimum absolute atomic E-state index is 0.0527. The predicted molar refractivity (Wildman–Crippen MR) is 52.6 cm³/mol. The number of carbonyl (C=O) groups excluding carboxylic acids is 1. The van der Waals surface area contributed by atoms with Crippen LogP contribution in [0.2, 0.25) is 0 Å². The summed E-state index contributed by atoms with van der Waals surface area (Å²) in [5, 5.41) is 0. The van der Waals surface area contributed by atoms with E-state index in [1.807, 2.05) is 20.8 Å². The molecule has 1 rings (SSSR count). The van der Waals surface area contributed by atoms with Crippen LogP contribution in [0.15, 0.2) is 4.36 Å². The molecule has 1 fully saturated rings. The van der Waals surface area contributed by atoms with Crippen LogP contribution in [0.3, 0.4) is 0 Å². The lowest BCUT2D eigenvalue weighted by atomic mass is 10.1. The van der Waals surface area contributed by atoms with E-state index in [2.05, 4.69) is 4.36 Å². The Hall–Kier alpha value is -0.580. The van der Waals surface area contributed by atoms with Gasteiger partial charge in [-0.15, -0.1) is 0 Å². The van der Waals surface area contributed by atoms with Crippen LogP contribution in [0.4, 0.5) is 0 Å². The van der Waals surface area contributed by atoms with Crippen LogP contribution in [0.5, 0.6) is 0 Å². The van der Waals surface area contributed by atoms with Crippen molar-refractivity contribution in [2.24, 2.45) is 4.36 Å². The molecule has 0 aromatic rings. The van der Waals surface area contributed by atoms with E-state index >= 15 is 0 Å². The molecule has 0 aromatic heterocycles. The summed E-state index contributed by atoms with van der Waals surface area (Å²) in [6.45, 7) is 5.63. The lowest BCUT2D eigenvalue weighted by molar-refractivity contribution is -0.127. The minimum atomic E-state index is -2.43. The third-order valence-electron chi connectivity index (χ3n) is 1.99. The fourth-order valence-electron chi connectivity index (χ4n) is 1.55. The first-order valence-corrected chi connectivity index (χ1v) is 5.91. The fourth-order valence-corrected chi connectivity index (χ4v) is 3.78. The van der Waals surface area contributed by atoms with E-state index in [4.69, 9.17) is 0 Å². The SMILES string of the molecule is CN=S1(=O)CCC(=O)N1C(C)(C)C. The number of carbonyl (C=O) groups is 1. The third kappa shape index (κ3) is 1.70. The predicted octanol–water partition coefficient (Wildman–Crippen LogP) is 1.03. The van der Waals surface area contributed by atoms with Gasteiger partial charge in [-0.25, -0.2) is 12.9 Å². The molecule has 5 heteroatoms. The van der Waals surface area contributed by atoms with E-state index in [9.17, 15) is 9.00 Å². The monoisotopic (exact) mass is 204 g/mol. The summed E-state index contributed by atoms with van der Waals surface area (Å²) in [4.78, 5) is 11.5. The van der Waals surface area contributed by atoms with E-state index in [1.165, 1.54) is 11.4 Å². The zero-order chi connectivity index (χ0) is 10.3. The van der Waals surface area contributed by atoms with Crippen molar-refractivity contribution >= 4 is 15.8 Å². The Bertz CT molecular complexity index is 335. The van der Waals surface area contributed by atoms with Crippen LogP contribution in [-0.2, 0) is 14.7 Å². The molecule has 1 heterocycles. The van der Waals surface area contributed by atoms with Gasteiger partial charge in [-0.3, -0.25) is 4.79 Å². The first kappa shape index (κ1) is 10.5. The maximum absolute atomic E-state index is 12.1. The van der Waals surface area contributed by atoms with Crippen LogP contribution in [-0.4, -0.2) is 32.8 Å². The van der Waals surface area contributed by atoms with Crippen molar-refractivity contribution in [2.45, 2.75) is 32.7 Å². The first-order valence-electron chi connectivity index (χ1n) is 4.27. The zero-order valence-corrected chi connectivity index (χ0v) is 9.35. The molecule has 0 radical (unpaired) electrons. The molecular formula is C8H16N2O2S. The van der Waals surface area contributed by atoms with Gasteiger partial charge in [-0.05, 0) is 20.8 Å². The average Bonchev–Trinajstić information content (AvgIpc) is 2.27. The van der Waals surface area contributed by atoms with Crippen LogP contribution in [0.1, 0.15) is 27.2 Å². The number of amides is 1. The Morgan fingerprint density at radius 3 is 2.31 bits per heavy atom. The highest BCUT2D eigenvalue weighted by atomic mass is 32.2. The maximum Gasteiger partial charge on any atom is 0.236 e. The quantitative estimate of drug-likeness (QED) is 0.591. The Kier molecular flexibility index (Phi) is 2.40. The topological polar surface area (TPSA) is 49.7 Å². The van der Waals surface area contributed by atoms with E-state index in [0.29, 0.717) is 12.2 Å². The minimum Gasteiger partial charge on any atom is -0.274 e. The molecule has 0 aliphatic carbocycles. The molecule has 1 amide bonds. The highest BCUT2D eigenvalue weighted by Gasteiger charge is 2.40. The van der Waals surface area contributed by atoms with Gasteiger partial charge in [0.1, 0.15) is 9.92 Å². The Labute approximate surface area is 79.6 Å². The van der Waals surface area contributed by atoms with Crippen LogP contribution in [0.25, 0.3) is 0 Å². The molecule has 1 saturated heterocycles. The first-order chi connectivity index (χ1) is 5.81. The van der Waals surface area contributed by atoms with Gasteiger partial charge in [-0.1, -0.05) is 0 Å². The largest absolute Gasteiger partial charge is 0.274 e. The van der Waals surface area contributed by atoms with Gasteiger partial charge in [0.25, 0.3) is 0 Å². The summed E-state index contributed by atoms with van der Waals surface area (Å²) >= 11 is 0. The molecule has 1 aliphatic rings. The number of nitrogens with zero attached hydrogens (tertiary/aromatic N) is 2. The van der Waals surface area contributed by atoms with Gasteiger partial charge in [0, 0.05) is 19.0 Å². The molecule has 1 aliphatic heterocycles. The average molecular weight is 204 g/mol. The van der Waals surface area contributed by atoms with Crippen LogP contribution >= 0.6 is 0 Å². The molecule has 13 heavy (non-hydrogen) atoms. The molecule has 0 N–H and O–H groups in total. The van der Waals surface area contributed by atoms with Crippen molar-refractivity contribution < 1.29 is 9.00 Å². The Morgan fingerprint density at radius 2 is 2.00 bits per heavy atom. The summed E-state index contributed by atoms with van der Waals surface area (Å²) in [6, 6.07) is 0. The van der Waals surface area contributed by atoms with Crippen molar-refractivity contribution in [1.29, 1.82) is 0 Å². The molecule has 0 spiro atoms. The molecule has 0 bridgehead atoms. The van der Waals surface area contributed by atoms with E-state index in [1.54, 1.807) is 0 Å². The highest BCUT2D eigenvalue weighted by molar-refractivity contribution is 7.92. The summed E-state index contributed by atoms with van der Waals surface area (Å²) in [5.74, 6) is 0.322. The summed E-state index contributed by atoms with van der Waals surface area (Å²) in [6.07, 6.45) is 0.355. The lowest BCUT2D eigenvalue weighted by Crippen LogP contribution is -2.44. The van der Waals surface area contributed by atoms with Crippen LogP contribution in [0, 0.1) is 0 Å². The Balaban J connectivity index is 3.21. The molecule has 4 nitrogen and oxygen atoms in total. The maximum atomic E-state index is 12.1. The van der Waals surface area contributed by atoms with E-state index in [0.717, 1.165) is 0 Å². The lowest BCUT2D eigenvalue weighted by Gasteiger charge is -2.32. The van der Waals surface area contributed by atoms with Crippen molar-refractivity contribution in [1.82, 2.24) is 4.31 Å². The van der Waals surface area contributed by atoms with Gasteiger partial charge >= 0.3 is 0 Å². The molecular weight excluding hydrogens is 188 g/mol. The normalized spacial score (nSPS) is 29.5. The second-order valence-electron chi connectivity index (χ2n) is 4.10. The molecule has 76 valence electrons. The van der Waals surface area contributed by atoms with Crippen LogP contribution < -0.4 is 0 Å². The number of hydrogen-bond acceptors (Lipinski definition) is 3. The highest BCUT2D eigenvalue weighted by Crippen LogP contribution is 2.27. The smallest absolute Gasteiger partial charge is 0.236 e. The standard InChI is InChI=1S/C8H16N2O2S/c1-8(2,3)10-7(11)5-6-13(10,12)9-4/h5-6H2,1-4H3. The van der Waals surface area contributed by atoms with Crippen molar-refractivity contribution in [3.63, 3.8) is 0 Å². The van der Waals surface area contributed by atoms with E-state index in [-0.39, 0.29) is 5.91 Å². The van der Waals surface area contributed by atoms with Gasteiger partial charge in [0.15, 0.2) is 0 Å².